The van der Waals surface area contributed by atoms with E-state index < -0.39 is 28.6 Å². The molecule has 1 aromatic heterocycles. The number of imidazole rings is 1. The summed E-state index contributed by atoms with van der Waals surface area (Å²) < 4.78 is 0. The summed E-state index contributed by atoms with van der Waals surface area (Å²) >= 11 is 0.763. The third-order valence-electron chi connectivity index (χ3n) is 3.55. The standard InChI is InChI=1S/C16H24N6O5S/c1-10(24)19-5-4-13(26)22-16(21-11(2)25,15(27)28-7-3-6-23)14(17)12-8-18-9-20-12/h6,8-9,14H,3-5,7,17H2,1-2H3,(H,18,20)(H,19,24)(H,21,25)(H,22,26)/t14?,16-/m0/s1. The molecule has 1 aromatic rings. The van der Waals surface area contributed by atoms with Gasteiger partial charge >= 0.3 is 0 Å². The number of aromatic nitrogens is 2. The Kier molecular flexibility index (Phi) is 9.32. The van der Waals surface area contributed by atoms with Crippen LogP contribution in [0.5, 0.6) is 0 Å². The van der Waals surface area contributed by atoms with Crippen LogP contribution in [0.3, 0.4) is 0 Å². The highest BCUT2D eigenvalue weighted by Crippen LogP contribution is 2.26. The number of hydrogen-bond acceptors (Lipinski definition) is 8. The van der Waals surface area contributed by atoms with E-state index in [1.807, 2.05) is 0 Å². The van der Waals surface area contributed by atoms with Gasteiger partial charge in [0.1, 0.15) is 6.29 Å². The highest BCUT2D eigenvalue weighted by Gasteiger charge is 2.47. The molecule has 2 atom stereocenters. The van der Waals surface area contributed by atoms with Crippen LogP contribution in [0.2, 0.25) is 0 Å². The van der Waals surface area contributed by atoms with Crippen LogP contribution in [0, 0.1) is 0 Å². The lowest BCUT2D eigenvalue weighted by Crippen LogP contribution is -2.69. The van der Waals surface area contributed by atoms with Crippen LogP contribution < -0.4 is 21.7 Å². The Hall–Kier alpha value is -2.73. The van der Waals surface area contributed by atoms with E-state index in [1.54, 1.807) is 0 Å². The summed E-state index contributed by atoms with van der Waals surface area (Å²) in [5.41, 5.74) is 4.56. The molecule has 12 heteroatoms. The van der Waals surface area contributed by atoms with Crippen molar-refractivity contribution >= 4 is 40.9 Å². The molecule has 1 unspecified atom stereocenters. The molecule has 0 radical (unpaired) electrons. The summed E-state index contributed by atoms with van der Waals surface area (Å²) in [6, 6.07) is -1.18. The quantitative estimate of drug-likeness (QED) is 0.170. The van der Waals surface area contributed by atoms with E-state index in [0.717, 1.165) is 11.8 Å². The molecule has 154 valence electrons. The van der Waals surface area contributed by atoms with Gasteiger partial charge in [0.15, 0.2) is 0 Å². The first kappa shape index (κ1) is 23.3. The minimum Gasteiger partial charge on any atom is -0.356 e. The van der Waals surface area contributed by atoms with Gasteiger partial charge in [0.25, 0.3) is 0 Å². The van der Waals surface area contributed by atoms with Crippen molar-refractivity contribution in [2.45, 2.75) is 38.4 Å². The number of aromatic amines is 1. The van der Waals surface area contributed by atoms with Crippen molar-refractivity contribution in [3.63, 3.8) is 0 Å². The smallest absolute Gasteiger partial charge is 0.237 e. The Morgan fingerprint density at radius 2 is 2.00 bits per heavy atom. The molecule has 1 rings (SSSR count). The van der Waals surface area contributed by atoms with Gasteiger partial charge in [0, 0.05) is 45.2 Å². The number of rotatable bonds is 11. The molecule has 0 aliphatic rings. The maximum atomic E-state index is 13.0. The van der Waals surface area contributed by atoms with Crippen LogP contribution in [0.15, 0.2) is 12.5 Å². The minimum atomic E-state index is -1.97. The summed E-state index contributed by atoms with van der Waals surface area (Å²) in [4.78, 5) is 65.3. The van der Waals surface area contributed by atoms with E-state index in [2.05, 4.69) is 25.9 Å². The molecule has 28 heavy (non-hydrogen) atoms. The van der Waals surface area contributed by atoms with Crippen LogP contribution in [0.25, 0.3) is 0 Å². The number of nitrogens with one attached hydrogen (secondary N) is 4. The van der Waals surface area contributed by atoms with Gasteiger partial charge in [0.2, 0.25) is 28.5 Å². The summed E-state index contributed by atoms with van der Waals surface area (Å²) in [6.45, 7) is 2.53. The van der Waals surface area contributed by atoms with Gasteiger partial charge in [-0.25, -0.2) is 4.98 Å². The highest BCUT2D eigenvalue weighted by molar-refractivity contribution is 8.13. The van der Waals surface area contributed by atoms with E-state index in [1.165, 1.54) is 26.4 Å². The van der Waals surface area contributed by atoms with Crippen molar-refractivity contribution in [3.8, 4) is 0 Å². The van der Waals surface area contributed by atoms with Crippen molar-refractivity contribution in [1.82, 2.24) is 25.9 Å². The maximum absolute atomic E-state index is 13.0. The zero-order valence-corrected chi connectivity index (χ0v) is 16.4. The van der Waals surface area contributed by atoms with E-state index in [4.69, 9.17) is 5.73 Å². The van der Waals surface area contributed by atoms with Crippen molar-refractivity contribution in [2.75, 3.05) is 12.3 Å². The average molecular weight is 412 g/mol. The molecule has 0 saturated carbocycles. The monoisotopic (exact) mass is 412 g/mol. The van der Waals surface area contributed by atoms with Gasteiger partial charge in [-0.15, -0.1) is 0 Å². The van der Waals surface area contributed by atoms with Crippen LogP contribution in [-0.2, 0) is 24.0 Å². The Labute approximate surface area is 166 Å². The van der Waals surface area contributed by atoms with Gasteiger partial charge in [-0.3, -0.25) is 19.2 Å². The van der Waals surface area contributed by atoms with Crippen LogP contribution >= 0.6 is 11.8 Å². The Balaban J connectivity index is 3.16. The largest absolute Gasteiger partial charge is 0.356 e. The Morgan fingerprint density at radius 3 is 2.54 bits per heavy atom. The second kappa shape index (κ2) is 11.2. The van der Waals surface area contributed by atoms with Gasteiger partial charge in [-0.2, -0.15) is 0 Å². The minimum absolute atomic E-state index is 0.0447. The van der Waals surface area contributed by atoms with E-state index in [9.17, 15) is 24.0 Å². The molecule has 0 spiro atoms. The zero-order valence-electron chi connectivity index (χ0n) is 15.6. The average Bonchev–Trinajstić information content (AvgIpc) is 3.14. The van der Waals surface area contributed by atoms with Crippen LogP contribution in [0.4, 0.5) is 0 Å². The molecule has 6 N–H and O–H groups in total. The summed E-state index contributed by atoms with van der Waals surface area (Å²) in [7, 11) is 0. The first-order valence-electron chi connectivity index (χ1n) is 8.41. The number of amides is 3. The van der Waals surface area contributed by atoms with Crippen molar-refractivity contribution < 1.29 is 24.0 Å². The lowest BCUT2D eigenvalue weighted by atomic mass is 9.98. The topological polar surface area (TPSA) is 176 Å². The number of thioether (sulfide) groups is 1. The van der Waals surface area contributed by atoms with Crippen molar-refractivity contribution in [3.05, 3.63) is 18.2 Å². The number of nitrogens with two attached hydrogens (primary N) is 1. The fraction of sp³-hybridized carbons (Fsp3) is 0.500. The predicted molar refractivity (Wildman–Crippen MR) is 102 cm³/mol. The van der Waals surface area contributed by atoms with Gasteiger partial charge in [0.05, 0.1) is 18.1 Å². The van der Waals surface area contributed by atoms with Gasteiger partial charge < -0.3 is 31.5 Å². The lowest BCUT2D eigenvalue weighted by Gasteiger charge is -2.37. The number of aldehydes is 1. The SMILES string of the molecule is CC(=O)NCCC(=O)N[C@](NC(C)=O)(C(=O)SCCC=O)C(N)c1cnc[nH]1. The number of carbonyl (C=O) groups is 5. The zero-order chi connectivity index (χ0) is 21.2. The summed E-state index contributed by atoms with van der Waals surface area (Å²) in [5.74, 6) is -1.36. The molecule has 0 saturated heterocycles. The molecular formula is C16H24N6O5S. The second-order valence-corrected chi connectivity index (χ2v) is 6.91. The van der Waals surface area contributed by atoms with Gasteiger partial charge in [-0.05, 0) is 0 Å². The molecule has 0 fully saturated rings. The fourth-order valence-corrected chi connectivity index (χ4v) is 3.17. The molecule has 0 bridgehead atoms. The van der Waals surface area contributed by atoms with E-state index in [-0.39, 0.29) is 31.0 Å². The molecular weight excluding hydrogens is 388 g/mol. The summed E-state index contributed by atoms with van der Waals surface area (Å²) in [6.07, 6.45) is 3.34. The number of hydrogen-bond donors (Lipinski definition) is 5. The Bertz CT molecular complexity index is 710. The molecule has 0 aliphatic carbocycles. The van der Waals surface area contributed by atoms with Crippen molar-refractivity contribution in [1.29, 1.82) is 0 Å². The lowest BCUT2D eigenvalue weighted by molar-refractivity contribution is -0.134. The Morgan fingerprint density at radius 1 is 1.29 bits per heavy atom. The first-order chi connectivity index (χ1) is 13.2. The number of carbonyl (C=O) groups excluding carboxylic acids is 5. The third-order valence-corrected chi connectivity index (χ3v) is 4.57. The molecule has 3 amide bonds. The maximum Gasteiger partial charge on any atom is 0.237 e. The molecule has 1 heterocycles. The first-order valence-corrected chi connectivity index (χ1v) is 9.40. The number of nitrogens with zero attached hydrogens (tertiary/aromatic N) is 1. The molecule has 0 aliphatic heterocycles. The highest BCUT2D eigenvalue weighted by atomic mass is 32.2. The third kappa shape index (κ3) is 6.78. The van der Waals surface area contributed by atoms with Crippen molar-refractivity contribution in [2.24, 2.45) is 5.73 Å². The molecule has 11 nitrogen and oxygen atoms in total. The number of H-pyrrole nitrogens is 1. The normalized spacial score (nSPS) is 13.7. The molecule has 0 aromatic carbocycles. The van der Waals surface area contributed by atoms with E-state index in [0.29, 0.717) is 12.0 Å². The van der Waals surface area contributed by atoms with Gasteiger partial charge in [-0.1, -0.05) is 11.8 Å². The fourth-order valence-electron chi connectivity index (χ4n) is 2.31. The van der Waals surface area contributed by atoms with Crippen LogP contribution in [0.1, 0.15) is 38.4 Å². The second-order valence-electron chi connectivity index (χ2n) is 5.85. The summed E-state index contributed by atoms with van der Waals surface area (Å²) in [5, 5.41) is 6.77. The van der Waals surface area contributed by atoms with E-state index >= 15 is 0 Å². The predicted octanol–water partition coefficient (Wildman–Crippen LogP) is -1.27. The van der Waals surface area contributed by atoms with Crippen LogP contribution in [-0.4, -0.2) is 57.1 Å².